The zero-order chi connectivity index (χ0) is 13.9. The van der Waals surface area contributed by atoms with E-state index in [0.717, 1.165) is 4.90 Å². The molecule has 2 rings (SSSR count). The fraction of sp³-hybridized carbons (Fsp3) is 0.167. The molecule has 2 aromatic rings. The Hall–Kier alpha value is -1.44. The van der Waals surface area contributed by atoms with Gasteiger partial charge in [-0.25, -0.2) is 8.42 Å². The lowest BCUT2D eigenvalue weighted by atomic mass is 10.3. The lowest BCUT2D eigenvalue weighted by molar-refractivity contribution is 0.277. The van der Waals surface area contributed by atoms with E-state index in [1.54, 1.807) is 12.1 Å². The molecule has 0 amide bonds. The summed E-state index contributed by atoms with van der Waals surface area (Å²) in [4.78, 5) is 3.66. The second-order valence-electron chi connectivity index (χ2n) is 3.82. The number of rotatable bonds is 5. The molecule has 19 heavy (non-hydrogen) atoms. The van der Waals surface area contributed by atoms with Crippen LogP contribution in [0.15, 0.2) is 46.3 Å². The van der Waals surface area contributed by atoms with Gasteiger partial charge in [0.2, 0.25) is 0 Å². The zero-order valence-electron chi connectivity index (χ0n) is 10.3. The molecule has 0 radical (unpaired) electrons. The highest BCUT2D eigenvalue weighted by Crippen LogP contribution is 2.27. The van der Waals surface area contributed by atoms with Crippen molar-refractivity contribution in [3.8, 4) is 0 Å². The molecule has 1 heterocycles. The summed E-state index contributed by atoms with van der Waals surface area (Å²) >= 11 is 1.47. The third-order valence-corrected chi connectivity index (χ3v) is 4.69. The van der Waals surface area contributed by atoms with Crippen molar-refractivity contribution in [2.24, 2.45) is 0 Å². The Labute approximate surface area is 116 Å². The minimum atomic E-state index is -3.64. The van der Waals surface area contributed by atoms with Crippen LogP contribution in [0.2, 0.25) is 0 Å². The second-order valence-corrected chi connectivity index (χ2v) is 6.35. The summed E-state index contributed by atoms with van der Waals surface area (Å²) in [5.74, 6) is 0. The number of para-hydroxylation sites is 1. The van der Waals surface area contributed by atoms with Gasteiger partial charge in [-0.05, 0) is 24.5 Å². The Bertz CT molecular complexity index is 665. The molecule has 1 aromatic carbocycles. The fourth-order valence-electron chi connectivity index (χ4n) is 1.60. The van der Waals surface area contributed by atoms with Gasteiger partial charge in [0.15, 0.2) is 0 Å². The number of benzene rings is 1. The molecule has 0 saturated carbocycles. The van der Waals surface area contributed by atoms with Gasteiger partial charge in [0.25, 0.3) is 10.0 Å². The van der Waals surface area contributed by atoms with Crippen molar-refractivity contribution in [2.75, 3.05) is 11.0 Å². The van der Waals surface area contributed by atoms with Gasteiger partial charge in [-0.15, -0.1) is 11.8 Å². The largest absolute Gasteiger partial charge is 0.390 e. The quantitative estimate of drug-likeness (QED) is 0.738. The molecule has 7 heteroatoms. The molecule has 0 aliphatic rings. The normalized spacial score (nSPS) is 11.5. The van der Waals surface area contributed by atoms with Crippen LogP contribution in [-0.2, 0) is 16.6 Å². The molecule has 1 aromatic heterocycles. The summed E-state index contributed by atoms with van der Waals surface area (Å²) in [6, 6.07) is 8.59. The fourth-order valence-corrected chi connectivity index (χ4v) is 3.31. The van der Waals surface area contributed by atoms with Crippen molar-refractivity contribution in [1.82, 2.24) is 4.98 Å². The maximum Gasteiger partial charge on any atom is 0.263 e. The molecule has 0 aliphatic carbocycles. The molecular formula is C12H14N2O3S2. The summed E-state index contributed by atoms with van der Waals surface area (Å²) in [5, 5.41) is 8.94. The Morgan fingerprint density at radius 3 is 2.74 bits per heavy atom. The molecule has 0 unspecified atom stereocenters. The Morgan fingerprint density at radius 2 is 2.11 bits per heavy atom. The van der Waals surface area contributed by atoms with Crippen LogP contribution in [-0.4, -0.2) is 24.8 Å². The maximum atomic E-state index is 12.2. The highest BCUT2D eigenvalue weighted by Gasteiger charge is 2.17. The Kier molecular flexibility index (Phi) is 4.18. The van der Waals surface area contributed by atoms with E-state index in [4.69, 9.17) is 5.11 Å². The number of H-pyrrole nitrogens is 1. The van der Waals surface area contributed by atoms with Crippen LogP contribution in [0.4, 0.5) is 5.69 Å². The zero-order valence-corrected chi connectivity index (χ0v) is 11.9. The van der Waals surface area contributed by atoms with Crippen LogP contribution in [0.3, 0.4) is 0 Å². The summed E-state index contributed by atoms with van der Waals surface area (Å²) < 4.78 is 26.9. The van der Waals surface area contributed by atoms with Crippen molar-refractivity contribution < 1.29 is 13.5 Å². The number of aromatic amines is 1. The Morgan fingerprint density at radius 1 is 1.37 bits per heavy atom. The van der Waals surface area contributed by atoms with E-state index < -0.39 is 10.0 Å². The summed E-state index contributed by atoms with van der Waals surface area (Å²) in [5.41, 5.74) is 1.00. The van der Waals surface area contributed by atoms with E-state index >= 15 is 0 Å². The molecule has 0 bridgehead atoms. The average molecular weight is 298 g/mol. The molecular weight excluding hydrogens is 284 g/mol. The second kappa shape index (κ2) is 5.68. The number of nitrogens with one attached hydrogen (secondary N) is 2. The predicted octanol–water partition coefficient (Wildman–Crippen LogP) is 2.03. The minimum Gasteiger partial charge on any atom is -0.390 e. The first-order valence-corrected chi connectivity index (χ1v) is 8.21. The van der Waals surface area contributed by atoms with Gasteiger partial charge < -0.3 is 10.1 Å². The molecule has 0 fully saturated rings. The van der Waals surface area contributed by atoms with E-state index in [0.29, 0.717) is 11.4 Å². The van der Waals surface area contributed by atoms with E-state index in [-0.39, 0.29) is 11.5 Å². The number of aromatic nitrogens is 1. The molecule has 0 saturated heterocycles. The summed E-state index contributed by atoms with van der Waals surface area (Å²) in [6.45, 7) is -0.225. The molecule has 102 valence electrons. The number of anilines is 1. The lowest BCUT2D eigenvalue weighted by Crippen LogP contribution is -2.12. The van der Waals surface area contributed by atoms with E-state index in [1.165, 1.54) is 24.0 Å². The number of sulfonamides is 1. The molecule has 0 aliphatic heterocycles. The highest BCUT2D eigenvalue weighted by molar-refractivity contribution is 7.99. The van der Waals surface area contributed by atoms with Crippen molar-refractivity contribution >= 4 is 27.5 Å². The topological polar surface area (TPSA) is 82.2 Å². The van der Waals surface area contributed by atoms with Crippen molar-refractivity contribution in [1.29, 1.82) is 0 Å². The number of hydrogen-bond acceptors (Lipinski definition) is 4. The summed E-state index contributed by atoms with van der Waals surface area (Å²) in [6.07, 6.45) is 3.24. The van der Waals surface area contributed by atoms with Gasteiger partial charge in [0, 0.05) is 16.8 Å². The van der Waals surface area contributed by atoms with Gasteiger partial charge >= 0.3 is 0 Å². The van der Waals surface area contributed by atoms with Crippen LogP contribution < -0.4 is 4.72 Å². The van der Waals surface area contributed by atoms with Gasteiger partial charge in [0.05, 0.1) is 12.3 Å². The molecule has 5 nitrogen and oxygen atoms in total. The highest BCUT2D eigenvalue weighted by atomic mass is 32.2. The van der Waals surface area contributed by atoms with Crippen LogP contribution >= 0.6 is 11.8 Å². The third kappa shape index (κ3) is 3.12. The maximum absolute atomic E-state index is 12.2. The molecule has 0 spiro atoms. The monoisotopic (exact) mass is 298 g/mol. The van der Waals surface area contributed by atoms with Gasteiger partial charge in [-0.1, -0.05) is 12.1 Å². The SMILES string of the molecule is CSc1ccccc1NS(=O)(=O)c1c[nH]c(CO)c1. The number of aliphatic hydroxyl groups excluding tert-OH is 1. The first-order valence-electron chi connectivity index (χ1n) is 5.51. The number of aliphatic hydroxyl groups is 1. The van der Waals surface area contributed by atoms with Crippen LogP contribution in [0.1, 0.15) is 5.69 Å². The van der Waals surface area contributed by atoms with E-state index in [2.05, 4.69) is 9.71 Å². The first kappa shape index (κ1) is 14.0. The molecule has 0 atom stereocenters. The van der Waals surface area contributed by atoms with E-state index in [9.17, 15) is 8.42 Å². The van der Waals surface area contributed by atoms with Gasteiger partial charge in [-0.3, -0.25) is 4.72 Å². The van der Waals surface area contributed by atoms with Crippen molar-refractivity contribution in [3.05, 3.63) is 42.2 Å². The minimum absolute atomic E-state index is 0.104. The van der Waals surface area contributed by atoms with Crippen LogP contribution in [0, 0.1) is 0 Å². The lowest BCUT2D eigenvalue weighted by Gasteiger charge is -2.09. The number of thioether (sulfide) groups is 1. The molecule has 3 N–H and O–H groups in total. The smallest absolute Gasteiger partial charge is 0.263 e. The Balaban J connectivity index is 2.31. The predicted molar refractivity (Wildman–Crippen MR) is 75.7 cm³/mol. The standard InChI is InChI=1S/C12H14N2O3S2/c1-18-12-5-3-2-4-11(12)14-19(16,17)10-6-9(8-15)13-7-10/h2-7,13-15H,8H2,1H3. The van der Waals surface area contributed by atoms with Gasteiger partial charge in [0.1, 0.15) is 4.90 Å². The number of hydrogen-bond donors (Lipinski definition) is 3. The van der Waals surface area contributed by atoms with E-state index in [1.807, 2.05) is 18.4 Å². The average Bonchev–Trinajstić information content (AvgIpc) is 2.88. The van der Waals surface area contributed by atoms with Crippen molar-refractivity contribution in [2.45, 2.75) is 16.4 Å². The summed E-state index contributed by atoms with van der Waals surface area (Å²) in [7, 11) is -3.64. The first-order chi connectivity index (χ1) is 9.06. The van der Waals surface area contributed by atoms with Gasteiger partial charge in [-0.2, -0.15) is 0 Å². The van der Waals surface area contributed by atoms with Crippen LogP contribution in [0.25, 0.3) is 0 Å². The third-order valence-electron chi connectivity index (χ3n) is 2.55. The van der Waals surface area contributed by atoms with Crippen LogP contribution in [0.5, 0.6) is 0 Å². The van der Waals surface area contributed by atoms with Crippen molar-refractivity contribution in [3.63, 3.8) is 0 Å².